The molecule has 1 saturated heterocycles. The van der Waals surface area contributed by atoms with Crippen LogP contribution >= 0.6 is 0 Å². The molecule has 2 aromatic rings. The van der Waals surface area contributed by atoms with E-state index in [1.165, 1.54) is 6.42 Å². The minimum atomic E-state index is 0.117. The van der Waals surface area contributed by atoms with Gasteiger partial charge in [-0.3, -0.25) is 4.79 Å². The summed E-state index contributed by atoms with van der Waals surface area (Å²) in [5.41, 5.74) is 2.65. The number of carbonyl (C=O) groups excluding carboxylic acids is 1. The van der Waals surface area contributed by atoms with Crippen molar-refractivity contribution < 1.29 is 4.79 Å². The maximum absolute atomic E-state index is 12.9. The number of ketones is 1. The third-order valence-corrected chi connectivity index (χ3v) is 4.07. The summed E-state index contributed by atoms with van der Waals surface area (Å²) < 4.78 is 0. The Balaban J connectivity index is 1.95. The number of nitrogens with zero attached hydrogens (tertiary/aromatic N) is 1. The molecule has 0 aromatic heterocycles. The van der Waals surface area contributed by atoms with Crippen LogP contribution in [0.15, 0.2) is 66.4 Å². The third kappa shape index (κ3) is 3.45. The Morgan fingerprint density at radius 2 is 1.41 bits per heavy atom. The van der Waals surface area contributed by atoms with Crippen LogP contribution in [0.3, 0.4) is 0 Å². The zero-order chi connectivity index (χ0) is 15.2. The molecule has 22 heavy (non-hydrogen) atoms. The van der Waals surface area contributed by atoms with Gasteiger partial charge in [0.25, 0.3) is 0 Å². The Morgan fingerprint density at radius 1 is 0.818 bits per heavy atom. The minimum absolute atomic E-state index is 0.117. The van der Waals surface area contributed by atoms with Gasteiger partial charge in [0.05, 0.1) is 5.70 Å². The first-order valence-corrected chi connectivity index (χ1v) is 7.96. The number of piperidine rings is 1. The molecule has 0 aliphatic carbocycles. The quantitative estimate of drug-likeness (QED) is 0.615. The molecule has 2 nitrogen and oxygen atoms in total. The first-order chi connectivity index (χ1) is 10.8. The summed E-state index contributed by atoms with van der Waals surface area (Å²) in [6, 6.07) is 19.7. The van der Waals surface area contributed by atoms with Crippen molar-refractivity contribution in [3.05, 3.63) is 77.5 Å². The van der Waals surface area contributed by atoms with Gasteiger partial charge in [-0.2, -0.15) is 0 Å². The molecule has 2 aromatic carbocycles. The van der Waals surface area contributed by atoms with Crippen LogP contribution in [0.5, 0.6) is 0 Å². The lowest BCUT2D eigenvalue weighted by molar-refractivity contribution is 0.0985. The molecule has 1 fully saturated rings. The summed E-state index contributed by atoms with van der Waals surface area (Å²) in [6.45, 7) is 1.94. The van der Waals surface area contributed by atoms with Gasteiger partial charge < -0.3 is 4.90 Å². The zero-order valence-electron chi connectivity index (χ0n) is 12.7. The first kappa shape index (κ1) is 14.6. The van der Waals surface area contributed by atoms with Crippen molar-refractivity contribution in [2.45, 2.75) is 19.3 Å². The summed E-state index contributed by atoms with van der Waals surface area (Å²) in [6.07, 6.45) is 5.61. The minimum Gasteiger partial charge on any atom is -0.368 e. The fourth-order valence-corrected chi connectivity index (χ4v) is 2.88. The van der Waals surface area contributed by atoms with E-state index in [1.54, 1.807) is 0 Å². The molecular weight excluding hydrogens is 270 g/mol. The highest BCUT2D eigenvalue weighted by Crippen LogP contribution is 2.21. The maximum atomic E-state index is 12.9. The number of hydrogen-bond donors (Lipinski definition) is 0. The van der Waals surface area contributed by atoms with E-state index in [4.69, 9.17) is 0 Å². The largest absolute Gasteiger partial charge is 0.368 e. The molecule has 0 N–H and O–H groups in total. The summed E-state index contributed by atoms with van der Waals surface area (Å²) >= 11 is 0. The second-order valence-corrected chi connectivity index (χ2v) is 5.68. The number of hydrogen-bond acceptors (Lipinski definition) is 2. The molecular formula is C20H21NO. The molecule has 0 spiro atoms. The molecule has 3 rings (SSSR count). The SMILES string of the molecule is O=C(/C(=C\c1ccccc1)N1CCCCC1)c1ccccc1. The van der Waals surface area contributed by atoms with Gasteiger partial charge in [-0.05, 0) is 30.9 Å². The molecule has 0 amide bonds. The van der Waals surface area contributed by atoms with E-state index in [1.807, 2.05) is 66.7 Å². The van der Waals surface area contributed by atoms with Crippen molar-refractivity contribution in [1.29, 1.82) is 0 Å². The second kappa shape index (κ2) is 7.08. The van der Waals surface area contributed by atoms with Crippen molar-refractivity contribution in [2.75, 3.05) is 13.1 Å². The number of rotatable bonds is 4. The van der Waals surface area contributed by atoms with Gasteiger partial charge in [0, 0.05) is 18.7 Å². The van der Waals surface area contributed by atoms with Crippen molar-refractivity contribution in [1.82, 2.24) is 4.90 Å². The first-order valence-electron chi connectivity index (χ1n) is 7.96. The lowest BCUT2D eigenvalue weighted by Crippen LogP contribution is -2.32. The van der Waals surface area contributed by atoms with Crippen LogP contribution in [0.2, 0.25) is 0 Å². The van der Waals surface area contributed by atoms with Gasteiger partial charge in [-0.1, -0.05) is 60.7 Å². The Morgan fingerprint density at radius 3 is 2.05 bits per heavy atom. The Hall–Kier alpha value is -2.35. The molecule has 112 valence electrons. The molecule has 1 aliphatic rings. The van der Waals surface area contributed by atoms with E-state index in [9.17, 15) is 4.79 Å². The van der Waals surface area contributed by atoms with Crippen LogP contribution in [0.1, 0.15) is 35.2 Å². The summed E-state index contributed by atoms with van der Waals surface area (Å²) in [5, 5.41) is 0. The van der Waals surface area contributed by atoms with E-state index >= 15 is 0 Å². The van der Waals surface area contributed by atoms with Crippen molar-refractivity contribution >= 4 is 11.9 Å². The smallest absolute Gasteiger partial charge is 0.209 e. The van der Waals surface area contributed by atoms with Crippen LogP contribution < -0.4 is 0 Å². The lowest BCUT2D eigenvalue weighted by atomic mass is 10.0. The van der Waals surface area contributed by atoms with Crippen molar-refractivity contribution in [3.63, 3.8) is 0 Å². The molecule has 1 heterocycles. The zero-order valence-corrected chi connectivity index (χ0v) is 12.7. The fraction of sp³-hybridized carbons (Fsp3) is 0.250. The Labute approximate surface area is 132 Å². The van der Waals surface area contributed by atoms with Crippen molar-refractivity contribution in [3.8, 4) is 0 Å². The molecule has 0 bridgehead atoms. The monoisotopic (exact) mass is 291 g/mol. The van der Waals surface area contributed by atoms with Crippen molar-refractivity contribution in [2.24, 2.45) is 0 Å². The predicted octanol–water partition coefficient (Wildman–Crippen LogP) is 4.40. The van der Waals surface area contributed by atoms with Gasteiger partial charge in [0.2, 0.25) is 5.78 Å². The average Bonchev–Trinajstić information content (AvgIpc) is 2.61. The number of carbonyl (C=O) groups is 1. The van der Waals surface area contributed by atoms with Crippen LogP contribution in [0, 0.1) is 0 Å². The third-order valence-electron chi connectivity index (χ3n) is 4.07. The normalized spacial score (nSPS) is 15.6. The van der Waals surface area contributed by atoms with Crippen LogP contribution in [0.4, 0.5) is 0 Å². The summed E-state index contributed by atoms with van der Waals surface area (Å²) in [7, 11) is 0. The topological polar surface area (TPSA) is 20.3 Å². The molecule has 1 aliphatic heterocycles. The van der Waals surface area contributed by atoms with E-state index in [2.05, 4.69) is 4.90 Å². The number of benzene rings is 2. The van der Waals surface area contributed by atoms with Gasteiger partial charge in [0.1, 0.15) is 0 Å². The van der Waals surface area contributed by atoms with E-state index in [0.717, 1.165) is 42.8 Å². The second-order valence-electron chi connectivity index (χ2n) is 5.68. The molecule has 0 radical (unpaired) electrons. The summed E-state index contributed by atoms with van der Waals surface area (Å²) in [5.74, 6) is 0.117. The Bertz CT molecular complexity index is 640. The molecule has 0 saturated carbocycles. The highest BCUT2D eigenvalue weighted by atomic mass is 16.1. The van der Waals surface area contributed by atoms with Crippen LogP contribution in [0.25, 0.3) is 6.08 Å². The number of Topliss-reactive ketones (excluding diaryl/α,β-unsaturated/α-hetero) is 1. The maximum Gasteiger partial charge on any atom is 0.209 e. The fourth-order valence-electron chi connectivity index (χ4n) is 2.88. The van der Waals surface area contributed by atoms with Gasteiger partial charge in [0.15, 0.2) is 0 Å². The van der Waals surface area contributed by atoms with Gasteiger partial charge >= 0.3 is 0 Å². The number of likely N-dealkylation sites (tertiary alicyclic amines) is 1. The van der Waals surface area contributed by atoms with Crippen LogP contribution in [-0.2, 0) is 0 Å². The molecule has 2 heteroatoms. The predicted molar refractivity (Wildman–Crippen MR) is 90.6 cm³/mol. The van der Waals surface area contributed by atoms with E-state index in [-0.39, 0.29) is 5.78 Å². The van der Waals surface area contributed by atoms with E-state index < -0.39 is 0 Å². The molecule has 0 atom stereocenters. The number of allylic oxidation sites excluding steroid dienone is 1. The van der Waals surface area contributed by atoms with Gasteiger partial charge in [-0.15, -0.1) is 0 Å². The lowest BCUT2D eigenvalue weighted by Gasteiger charge is -2.30. The molecule has 0 unspecified atom stereocenters. The van der Waals surface area contributed by atoms with Crippen LogP contribution in [-0.4, -0.2) is 23.8 Å². The highest BCUT2D eigenvalue weighted by Gasteiger charge is 2.20. The average molecular weight is 291 g/mol. The van der Waals surface area contributed by atoms with Gasteiger partial charge in [-0.25, -0.2) is 0 Å². The standard InChI is InChI=1S/C20H21NO/c22-20(18-12-6-2-7-13-18)19(21-14-8-3-9-15-21)16-17-10-4-1-5-11-17/h1-2,4-7,10-13,16H,3,8-9,14-15H2/b19-16+. The highest BCUT2D eigenvalue weighted by molar-refractivity contribution is 6.10. The Kier molecular flexibility index (Phi) is 4.69. The van der Waals surface area contributed by atoms with E-state index in [0.29, 0.717) is 0 Å². The summed E-state index contributed by atoms with van der Waals surface area (Å²) in [4.78, 5) is 15.2.